The molecule has 12 heteroatoms. The highest BCUT2D eigenvalue weighted by Crippen LogP contribution is 2.36. The second-order valence-corrected chi connectivity index (χ2v) is 8.59. The molecule has 0 bridgehead atoms. The van der Waals surface area contributed by atoms with Gasteiger partial charge < -0.3 is 14.8 Å². The number of hydrogen-bond acceptors (Lipinski definition) is 7. The van der Waals surface area contributed by atoms with Gasteiger partial charge >= 0.3 is 6.18 Å². The molecular weight excluding hydrogens is 485 g/mol. The van der Waals surface area contributed by atoms with E-state index in [2.05, 4.69) is 15.4 Å². The fraction of sp³-hybridized carbons (Fsp3) is 0.217. The highest BCUT2D eigenvalue weighted by atomic mass is 32.1. The Kier molecular flexibility index (Phi) is 6.48. The molecule has 0 unspecified atom stereocenters. The van der Waals surface area contributed by atoms with Gasteiger partial charge in [0.15, 0.2) is 17.0 Å². The Hall–Kier alpha value is -3.93. The van der Waals surface area contributed by atoms with Gasteiger partial charge in [0.05, 0.1) is 35.2 Å². The highest BCUT2D eigenvalue weighted by molar-refractivity contribution is 7.19. The van der Waals surface area contributed by atoms with Crippen LogP contribution in [0.1, 0.15) is 10.6 Å². The van der Waals surface area contributed by atoms with Gasteiger partial charge in [0.2, 0.25) is 5.91 Å². The lowest BCUT2D eigenvalue weighted by molar-refractivity contribution is -0.137. The quantitative estimate of drug-likeness (QED) is 0.415. The van der Waals surface area contributed by atoms with E-state index in [4.69, 9.17) is 9.47 Å². The Morgan fingerprint density at radius 1 is 1.11 bits per heavy atom. The number of methoxy groups -OCH3 is 2. The predicted octanol–water partition coefficient (Wildman–Crippen LogP) is 4.50. The van der Waals surface area contributed by atoms with Crippen molar-refractivity contribution in [1.82, 2.24) is 14.8 Å². The number of thiazole rings is 1. The lowest BCUT2D eigenvalue weighted by Crippen LogP contribution is -2.30. The van der Waals surface area contributed by atoms with Crippen LogP contribution < -0.4 is 20.3 Å². The molecule has 4 rings (SSSR count). The topological polar surface area (TPSA) is 95.3 Å². The third-order valence-electron chi connectivity index (χ3n) is 5.06. The van der Waals surface area contributed by atoms with Gasteiger partial charge in [-0.05, 0) is 37.3 Å². The molecule has 1 N–H and O–H groups in total. The molecule has 1 amide bonds. The van der Waals surface area contributed by atoms with Crippen molar-refractivity contribution in [3.63, 3.8) is 0 Å². The van der Waals surface area contributed by atoms with E-state index in [1.165, 1.54) is 37.7 Å². The minimum atomic E-state index is -4.66. The summed E-state index contributed by atoms with van der Waals surface area (Å²) in [5.41, 5.74) is -0.986. The fourth-order valence-electron chi connectivity index (χ4n) is 3.51. The van der Waals surface area contributed by atoms with Crippen LogP contribution in [-0.2, 0) is 17.5 Å². The number of carbonyl (C=O) groups is 1. The average molecular weight is 504 g/mol. The van der Waals surface area contributed by atoms with Crippen LogP contribution in [0.5, 0.6) is 11.5 Å². The number of halogens is 3. The minimum Gasteiger partial charge on any atom is -0.493 e. The lowest BCUT2D eigenvalue weighted by Gasteiger charge is -2.14. The number of fused-ring (bicyclic) bond motifs is 1. The number of carbonyl (C=O) groups excluding carboxylic acids is 1. The average Bonchev–Trinajstić information content (AvgIpc) is 3.22. The van der Waals surface area contributed by atoms with Gasteiger partial charge in [-0.3, -0.25) is 9.59 Å². The summed E-state index contributed by atoms with van der Waals surface area (Å²) in [6.45, 7) is 1.12. The number of aromatic nitrogens is 3. The first-order valence-corrected chi connectivity index (χ1v) is 11.0. The molecule has 0 aliphatic carbocycles. The van der Waals surface area contributed by atoms with Crippen molar-refractivity contribution >= 4 is 33.1 Å². The monoisotopic (exact) mass is 504 g/mol. The second-order valence-electron chi connectivity index (χ2n) is 7.38. The number of hydrogen-bond donors (Lipinski definition) is 1. The zero-order chi connectivity index (χ0) is 25.3. The summed E-state index contributed by atoms with van der Waals surface area (Å²) < 4.78 is 51.8. The summed E-state index contributed by atoms with van der Waals surface area (Å²) in [6, 6.07) is 9.65. The van der Waals surface area contributed by atoms with Crippen LogP contribution >= 0.6 is 11.3 Å². The number of anilines is 1. The molecule has 2 heterocycles. The Balaban J connectivity index is 1.75. The molecular formula is C23H19F3N4O4S. The smallest absolute Gasteiger partial charge is 0.418 e. The van der Waals surface area contributed by atoms with Gasteiger partial charge in [0, 0.05) is 5.56 Å². The first kappa shape index (κ1) is 24.2. The Morgan fingerprint density at radius 2 is 1.83 bits per heavy atom. The molecule has 0 saturated heterocycles. The molecule has 0 radical (unpaired) electrons. The standard InChI is InChI=1S/C23H19F3N4O4S/c1-12-27-20-21(35-12)19(13-8-9-16(33-2)17(10-13)34-3)29-30(22(20)32)11-18(31)28-15-7-5-4-6-14(15)23(24,25)26/h4-10H,11H2,1-3H3,(H,28,31). The van der Waals surface area contributed by atoms with E-state index in [0.29, 0.717) is 32.5 Å². The lowest BCUT2D eigenvalue weighted by atomic mass is 10.1. The molecule has 2 aromatic heterocycles. The van der Waals surface area contributed by atoms with Crippen molar-refractivity contribution in [3.8, 4) is 22.8 Å². The molecule has 0 fully saturated rings. The van der Waals surface area contributed by atoms with Crippen molar-refractivity contribution in [2.45, 2.75) is 19.6 Å². The van der Waals surface area contributed by atoms with Crippen LogP contribution in [0.15, 0.2) is 47.3 Å². The van der Waals surface area contributed by atoms with E-state index in [1.54, 1.807) is 25.1 Å². The summed E-state index contributed by atoms with van der Waals surface area (Å²) in [5, 5.41) is 7.20. The third kappa shape index (κ3) is 4.83. The van der Waals surface area contributed by atoms with Crippen LogP contribution in [0.4, 0.5) is 18.9 Å². The number of ether oxygens (including phenoxy) is 2. The largest absolute Gasteiger partial charge is 0.493 e. The van der Waals surface area contributed by atoms with Gasteiger partial charge in [-0.25, -0.2) is 9.67 Å². The third-order valence-corrected chi connectivity index (χ3v) is 6.04. The number of amides is 1. The molecule has 0 aliphatic rings. The van der Waals surface area contributed by atoms with E-state index in [9.17, 15) is 22.8 Å². The second kappa shape index (κ2) is 9.37. The van der Waals surface area contributed by atoms with Gasteiger partial charge in [-0.2, -0.15) is 18.3 Å². The predicted molar refractivity (Wildman–Crippen MR) is 125 cm³/mol. The number of aryl methyl sites for hydroxylation is 1. The van der Waals surface area contributed by atoms with Gasteiger partial charge in [0.25, 0.3) is 5.56 Å². The van der Waals surface area contributed by atoms with E-state index >= 15 is 0 Å². The molecule has 8 nitrogen and oxygen atoms in total. The minimum absolute atomic E-state index is 0.107. The van der Waals surface area contributed by atoms with E-state index < -0.39 is 35.4 Å². The van der Waals surface area contributed by atoms with Crippen molar-refractivity contribution in [3.05, 3.63) is 63.4 Å². The molecule has 35 heavy (non-hydrogen) atoms. The van der Waals surface area contributed by atoms with Crippen LogP contribution in [0.3, 0.4) is 0 Å². The highest BCUT2D eigenvalue weighted by Gasteiger charge is 2.33. The number of alkyl halides is 3. The Morgan fingerprint density at radius 3 is 2.51 bits per heavy atom. The molecule has 0 atom stereocenters. The van der Waals surface area contributed by atoms with E-state index in [1.807, 2.05) is 0 Å². The summed E-state index contributed by atoms with van der Waals surface area (Å²) >= 11 is 1.26. The number of benzene rings is 2. The summed E-state index contributed by atoms with van der Waals surface area (Å²) in [7, 11) is 2.97. The normalized spacial score (nSPS) is 11.5. The van der Waals surface area contributed by atoms with Gasteiger partial charge in [-0.15, -0.1) is 11.3 Å². The van der Waals surface area contributed by atoms with Crippen LogP contribution in [0.25, 0.3) is 21.5 Å². The van der Waals surface area contributed by atoms with Crippen LogP contribution in [-0.4, -0.2) is 34.9 Å². The summed E-state index contributed by atoms with van der Waals surface area (Å²) in [4.78, 5) is 29.9. The Bertz CT molecular complexity index is 1480. The SMILES string of the molecule is COc1ccc(-c2nn(CC(=O)Nc3ccccc3C(F)(F)F)c(=O)c3nc(C)sc23)cc1OC. The summed E-state index contributed by atoms with van der Waals surface area (Å²) in [6.07, 6.45) is -4.66. The molecule has 0 spiro atoms. The van der Waals surface area contributed by atoms with Gasteiger partial charge in [0.1, 0.15) is 12.2 Å². The number of nitrogens with zero attached hydrogens (tertiary/aromatic N) is 3. The Labute approximate surface area is 200 Å². The van der Waals surface area contributed by atoms with Crippen LogP contribution in [0, 0.1) is 6.92 Å². The van der Waals surface area contributed by atoms with Crippen molar-refractivity contribution < 1.29 is 27.4 Å². The first-order valence-electron chi connectivity index (χ1n) is 10.2. The summed E-state index contributed by atoms with van der Waals surface area (Å²) in [5.74, 6) is 0.0744. The number of para-hydroxylation sites is 1. The zero-order valence-electron chi connectivity index (χ0n) is 18.8. The van der Waals surface area contributed by atoms with E-state index in [0.717, 1.165) is 16.8 Å². The number of nitrogens with one attached hydrogen (secondary N) is 1. The molecule has 0 aliphatic heterocycles. The maximum Gasteiger partial charge on any atom is 0.418 e. The fourth-order valence-corrected chi connectivity index (χ4v) is 4.43. The van der Waals surface area contributed by atoms with Gasteiger partial charge in [-0.1, -0.05) is 12.1 Å². The maximum absolute atomic E-state index is 13.3. The zero-order valence-corrected chi connectivity index (χ0v) is 19.6. The van der Waals surface area contributed by atoms with Crippen molar-refractivity contribution in [1.29, 1.82) is 0 Å². The van der Waals surface area contributed by atoms with E-state index in [-0.39, 0.29) is 5.52 Å². The molecule has 182 valence electrons. The van der Waals surface area contributed by atoms with Crippen LogP contribution in [0.2, 0.25) is 0 Å². The molecule has 2 aromatic carbocycles. The van der Waals surface area contributed by atoms with Crippen molar-refractivity contribution in [2.75, 3.05) is 19.5 Å². The maximum atomic E-state index is 13.3. The molecule has 4 aromatic rings. The van der Waals surface area contributed by atoms with Crippen molar-refractivity contribution in [2.24, 2.45) is 0 Å². The molecule has 0 saturated carbocycles. The number of rotatable bonds is 6. The first-order chi connectivity index (χ1) is 16.6.